The zero-order chi connectivity index (χ0) is 13.5. The van der Waals surface area contributed by atoms with Crippen LogP contribution in [0.5, 0.6) is 0 Å². The molecule has 0 saturated carbocycles. The third-order valence-electron chi connectivity index (χ3n) is 2.60. The fourth-order valence-electron chi connectivity index (χ4n) is 1.61. The molecule has 0 aliphatic carbocycles. The first kappa shape index (κ1) is 14.9. The van der Waals surface area contributed by atoms with Crippen molar-refractivity contribution in [2.45, 2.75) is 39.2 Å². The lowest BCUT2D eigenvalue weighted by atomic mass is 10.1. The molecule has 1 aromatic rings. The fourth-order valence-corrected chi connectivity index (χ4v) is 1.94. The third-order valence-corrected chi connectivity index (χ3v) is 3.04. The van der Waals surface area contributed by atoms with Gasteiger partial charge in [-0.05, 0) is 35.3 Å². The maximum absolute atomic E-state index is 12.1. The number of halogens is 1. The molecule has 5 nitrogen and oxygen atoms in total. The number of carbonyl (C=O) groups excluding carboxylic acids is 1. The van der Waals surface area contributed by atoms with Crippen LogP contribution < -0.4 is 16.6 Å². The predicted molar refractivity (Wildman–Crippen MR) is 76.2 cm³/mol. The van der Waals surface area contributed by atoms with Gasteiger partial charge in [-0.25, -0.2) is 10.8 Å². The average molecular weight is 315 g/mol. The standard InChI is InChI=1S/C12H19BrN4O/c1-3-4-5-8(2)16-12(18)10-6-9(13)7-15-11(10)17-14/h6-8H,3-5,14H2,1-2H3,(H,15,17)(H,16,18). The highest BCUT2D eigenvalue weighted by Gasteiger charge is 2.14. The Morgan fingerprint density at radius 1 is 1.61 bits per heavy atom. The number of rotatable bonds is 6. The Hall–Kier alpha value is -1.14. The van der Waals surface area contributed by atoms with Gasteiger partial charge in [-0.2, -0.15) is 0 Å². The van der Waals surface area contributed by atoms with Gasteiger partial charge in [-0.1, -0.05) is 19.8 Å². The van der Waals surface area contributed by atoms with Crippen LogP contribution in [0.1, 0.15) is 43.5 Å². The zero-order valence-corrected chi connectivity index (χ0v) is 12.3. The number of anilines is 1. The second-order valence-corrected chi connectivity index (χ2v) is 5.13. The van der Waals surface area contributed by atoms with Crippen molar-refractivity contribution in [3.8, 4) is 0 Å². The summed E-state index contributed by atoms with van der Waals surface area (Å²) < 4.78 is 0.743. The second-order valence-electron chi connectivity index (χ2n) is 4.21. The first-order valence-corrected chi connectivity index (χ1v) is 6.80. The third kappa shape index (κ3) is 4.27. The lowest BCUT2D eigenvalue weighted by Crippen LogP contribution is -2.33. The Kier molecular flexibility index (Phi) is 6.07. The lowest BCUT2D eigenvalue weighted by molar-refractivity contribution is 0.0938. The number of pyridine rings is 1. The average Bonchev–Trinajstić information content (AvgIpc) is 2.36. The van der Waals surface area contributed by atoms with E-state index in [1.165, 1.54) is 0 Å². The van der Waals surface area contributed by atoms with Crippen molar-refractivity contribution < 1.29 is 4.79 Å². The molecule has 1 unspecified atom stereocenters. The Morgan fingerprint density at radius 3 is 2.94 bits per heavy atom. The van der Waals surface area contributed by atoms with Crippen molar-refractivity contribution in [3.63, 3.8) is 0 Å². The van der Waals surface area contributed by atoms with Crippen LogP contribution in [0.15, 0.2) is 16.7 Å². The van der Waals surface area contributed by atoms with Crippen LogP contribution >= 0.6 is 15.9 Å². The maximum atomic E-state index is 12.1. The Balaban J connectivity index is 2.74. The molecule has 6 heteroatoms. The minimum Gasteiger partial charge on any atom is -0.349 e. The predicted octanol–water partition coefficient (Wildman–Crippen LogP) is 2.44. The second kappa shape index (κ2) is 7.33. The molecule has 0 aliphatic heterocycles. The molecule has 18 heavy (non-hydrogen) atoms. The fraction of sp³-hybridized carbons (Fsp3) is 0.500. The molecule has 4 N–H and O–H groups in total. The van der Waals surface area contributed by atoms with Crippen LogP contribution in [-0.4, -0.2) is 16.9 Å². The van der Waals surface area contributed by atoms with Gasteiger partial charge >= 0.3 is 0 Å². The highest BCUT2D eigenvalue weighted by Crippen LogP contribution is 2.17. The summed E-state index contributed by atoms with van der Waals surface area (Å²) in [5, 5.41) is 2.94. The Labute approximate surface area is 116 Å². The van der Waals surface area contributed by atoms with Crippen LogP contribution in [0.2, 0.25) is 0 Å². The summed E-state index contributed by atoms with van der Waals surface area (Å²) >= 11 is 3.29. The van der Waals surface area contributed by atoms with Crippen molar-refractivity contribution >= 4 is 27.7 Å². The first-order chi connectivity index (χ1) is 8.58. The van der Waals surface area contributed by atoms with E-state index >= 15 is 0 Å². The summed E-state index contributed by atoms with van der Waals surface area (Å²) in [6.45, 7) is 4.12. The number of amides is 1. The molecule has 0 saturated heterocycles. The van der Waals surface area contributed by atoms with Crippen LogP contribution in [0.3, 0.4) is 0 Å². The maximum Gasteiger partial charge on any atom is 0.255 e. The number of carbonyl (C=O) groups is 1. The molecule has 0 aliphatic rings. The van der Waals surface area contributed by atoms with E-state index in [-0.39, 0.29) is 11.9 Å². The summed E-state index contributed by atoms with van der Waals surface area (Å²) in [7, 11) is 0. The van der Waals surface area contributed by atoms with Crippen molar-refractivity contribution in [1.29, 1.82) is 0 Å². The Morgan fingerprint density at radius 2 is 2.33 bits per heavy atom. The van der Waals surface area contributed by atoms with E-state index in [1.807, 2.05) is 6.92 Å². The number of hydrogen-bond acceptors (Lipinski definition) is 4. The van der Waals surface area contributed by atoms with Gasteiger partial charge in [-0.15, -0.1) is 0 Å². The molecule has 0 bridgehead atoms. The minimum absolute atomic E-state index is 0.141. The van der Waals surface area contributed by atoms with E-state index in [4.69, 9.17) is 5.84 Å². The Bertz CT molecular complexity index is 411. The van der Waals surface area contributed by atoms with Crippen molar-refractivity contribution in [1.82, 2.24) is 10.3 Å². The van der Waals surface area contributed by atoms with Gasteiger partial charge in [0.15, 0.2) is 5.82 Å². The molecular weight excluding hydrogens is 296 g/mol. The molecule has 1 aromatic heterocycles. The number of aromatic nitrogens is 1. The monoisotopic (exact) mass is 314 g/mol. The van der Waals surface area contributed by atoms with Crippen LogP contribution in [0.25, 0.3) is 0 Å². The SMILES string of the molecule is CCCCC(C)NC(=O)c1cc(Br)cnc1NN. The van der Waals surface area contributed by atoms with E-state index in [9.17, 15) is 4.79 Å². The number of nitrogens with one attached hydrogen (secondary N) is 2. The van der Waals surface area contributed by atoms with Crippen molar-refractivity contribution in [3.05, 3.63) is 22.3 Å². The van der Waals surface area contributed by atoms with Gasteiger partial charge in [0.1, 0.15) is 0 Å². The summed E-state index contributed by atoms with van der Waals surface area (Å²) in [4.78, 5) is 16.1. The van der Waals surface area contributed by atoms with Gasteiger partial charge in [0.05, 0.1) is 5.56 Å². The molecule has 0 fully saturated rings. The molecule has 0 radical (unpaired) electrons. The molecule has 1 atom stereocenters. The molecule has 0 spiro atoms. The van der Waals surface area contributed by atoms with Crippen LogP contribution in [0, 0.1) is 0 Å². The smallest absolute Gasteiger partial charge is 0.255 e. The van der Waals surface area contributed by atoms with E-state index in [0.717, 1.165) is 23.7 Å². The lowest BCUT2D eigenvalue weighted by Gasteiger charge is -2.14. The van der Waals surface area contributed by atoms with Gasteiger partial charge in [-0.3, -0.25) is 4.79 Å². The summed E-state index contributed by atoms with van der Waals surface area (Å²) in [6, 6.07) is 1.84. The number of hydrogen-bond donors (Lipinski definition) is 3. The molecule has 1 rings (SSSR count). The highest BCUT2D eigenvalue weighted by atomic mass is 79.9. The highest BCUT2D eigenvalue weighted by molar-refractivity contribution is 9.10. The number of nitrogens with zero attached hydrogens (tertiary/aromatic N) is 1. The van der Waals surface area contributed by atoms with Gasteiger partial charge in [0, 0.05) is 16.7 Å². The first-order valence-electron chi connectivity index (χ1n) is 6.01. The van der Waals surface area contributed by atoms with E-state index in [2.05, 4.69) is 38.6 Å². The van der Waals surface area contributed by atoms with E-state index < -0.39 is 0 Å². The number of unbranched alkanes of at least 4 members (excludes halogenated alkanes) is 1. The number of nitrogen functional groups attached to an aromatic ring is 1. The van der Waals surface area contributed by atoms with Gasteiger partial charge in [0.25, 0.3) is 5.91 Å². The molecule has 0 aromatic carbocycles. The van der Waals surface area contributed by atoms with Gasteiger partial charge in [0.2, 0.25) is 0 Å². The summed E-state index contributed by atoms with van der Waals surface area (Å²) in [5.74, 6) is 5.55. The summed E-state index contributed by atoms with van der Waals surface area (Å²) in [6.07, 6.45) is 4.77. The van der Waals surface area contributed by atoms with Crippen molar-refractivity contribution in [2.75, 3.05) is 5.43 Å². The van der Waals surface area contributed by atoms with E-state index in [0.29, 0.717) is 11.4 Å². The molecule has 1 amide bonds. The molecular formula is C12H19BrN4O. The minimum atomic E-state index is -0.166. The van der Waals surface area contributed by atoms with Gasteiger partial charge < -0.3 is 10.7 Å². The largest absolute Gasteiger partial charge is 0.349 e. The number of nitrogens with two attached hydrogens (primary N) is 1. The van der Waals surface area contributed by atoms with Crippen LogP contribution in [0.4, 0.5) is 5.82 Å². The molecule has 100 valence electrons. The zero-order valence-electron chi connectivity index (χ0n) is 10.7. The van der Waals surface area contributed by atoms with E-state index in [1.54, 1.807) is 12.3 Å². The normalized spacial score (nSPS) is 12.0. The number of hydrazine groups is 1. The van der Waals surface area contributed by atoms with Crippen molar-refractivity contribution in [2.24, 2.45) is 5.84 Å². The van der Waals surface area contributed by atoms with Crippen LogP contribution in [-0.2, 0) is 0 Å². The quantitative estimate of drug-likeness (QED) is 0.556. The topological polar surface area (TPSA) is 80.0 Å². The summed E-state index contributed by atoms with van der Waals surface area (Å²) in [5.41, 5.74) is 2.87. The molecule has 1 heterocycles.